The molecule has 2 amide bonds. The van der Waals surface area contributed by atoms with Crippen LogP contribution in [0.5, 0.6) is 0 Å². The molecular formula is C34H31FN2O5. The van der Waals surface area contributed by atoms with Crippen LogP contribution in [0.15, 0.2) is 103 Å². The van der Waals surface area contributed by atoms with Gasteiger partial charge in [0.2, 0.25) is 5.91 Å². The van der Waals surface area contributed by atoms with Crippen LogP contribution in [0.4, 0.5) is 9.18 Å². The highest BCUT2D eigenvalue weighted by atomic mass is 19.1. The van der Waals surface area contributed by atoms with Gasteiger partial charge in [-0.15, -0.1) is 0 Å². The third-order valence-electron chi connectivity index (χ3n) is 7.63. The highest BCUT2D eigenvalue weighted by Gasteiger charge is 2.39. The Bertz CT molecular complexity index is 1570. The van der Waals surface area contributed by atoms with Crippen molar-refractivity contribution in [2.45, 2.75) is 45.1 Å². The zero-order valence-corrected chi connectivity index (χ0v) is 23.2. The Balaban J connectivity index is 1.48. The number of carbonyl (C=O) groups excluding carboxylic acids is 2. The fourth-order valence-electron chi connectivity index (χ4n) is 5.27. The minimum absolute atomic E-state index is 0.0595. The summed E-state index contributed by atoms with van der Waals surface area (Å²) in [5, 5.41) is 9.31. The van der Waals surface area contributed by atoms with Crippen molar-refractivity contribution in [3.63, 3.8) is 0 Å². The quantitative estimate of drug-likeness (QED) is 0.268. The van der Waals surface area contributed by atoms with Gasteiger partial charge in [0.1, 0.15) is 18.5 Å². The van der Waals surface area contributed by atoms with E-state index < -0.39 is 30.0 Å². The molecule has 1 heterocycles. The number of rotatable bonds is 8. The minimum Gasteiger partial charge on any atom is -0.478 e. The second-order valence-electron chi connectivity index (χ2n) is 10.3. The second kappa shape index (κ2) is 12.7. The van der Waals surface area contributed by atoms with Crippen molar-refractivity contribution in [3.05, 3.63) is 142 Å². The molecule has 1 N–H and O–H groups in total. The molecule has 4 aromatic rings. The number of amides is 2. The molecule has 2 atom stereocenters. The first-order valence-corrected chi connectivity index (χ1v) is 13.7. The highest BCUT2D eigenvalue weighted by molar-refractivity contribution is 5.88. The molecule has 8 heteroatoms. The predicted octanol–water partition coefficient (Wildman–Crippen LogP) is 6.38. The first-order chi connectivity index (χ1) is 20.3. The Morgan fingerprint density at radius 1 is 0.881 bits per heavy atom. The van der Waals surface area contributed by atoms with Gasteiger partial charge >= 0.3 is 12.1 Å². The number of carboxylic acids is 1. The summed E-state index contributed by atoms with van der Waals surface area (Å²) in [5.41, 5.74) is 3.83. The summed E-state index contributed by atoms with van der Waals surface area (Å²) in [6, 6.07) is 27.9. The number of aromatic carboxylic acids is 1. The normalized spacial score (nSPS) is 14.9. The maximum Gasteiger partial charge on any atom is 0.411 e. The van der Waals surface area contributed by atoms with Crippen molar-refractivity contribution in [2.75, 3.05) is 0 Å². The van der Waals surface area contributed by atoms with Gasteiger partial charge in [-0.3, -0.25) is 9.69 Å². The van der Waals surface area contributed by atoms with E-state index in [9.17, 15) is 23.9 Å². The molecule has 0 bridgehead atoms. The first-order valence-electron chi connectivity index (χ1n) is 13.7. The van der Waals surface area contributed by atoms with Crippen LogP contribution in [0.1, 0.15) is 51.1 Å². The summed E-state index contributed by atoms with van der Waals surface area (Å²) in [6.07, 6.45) is -0.343. The summed E-state index contributed by atoms with van der Waals surface area (Å²) in [5.74, 6) is -1.86. The average molecular weight is 567 g/mol. The molecule has 0 radical (unpaired) electrons. The topological polar surface area (TPSA) is 87.2 Å². The van der Waals surface area contributed by atoms with Crippen LogP contribution in [0.3, 0.4) is 0 Å². The molecule has 0 saturated heterocycles. The van der Waals surface area contributed by atoms with Gasteiger partial charge in [-0.1, -0.05) is 84.9 Å². The van der Waals surface area contributed by atoms with Gasteiger partial charge in [0.15, 0.2) is 0 Å². The zero-order chi connectivity index (χ0) is 29.6. The van der Waals surface area contributed by atoms with Gasteiger partial charge in [0.05, 0.1) is 18.2 Å². The van der Waals surface area contributed by atoms with E-state index in [1.165, 1.54) is 23.1 Å². The van der Waals surface area contributed by atoms with Crippen LogP contribution < -0.4 is 0 Å². The fraction of sp³-hybridized carbons (Fsp3) is 0.206. The Labute approximate surface area is 243 Å². The van der Waals surface area contributed by atoms with Crippen LogP contribution in [0, 0.1) is 5.82 Å². The van der Waals surface area contributed by atoms with Crippen LogP contribution in [0.2, 0.25) is 0 Å². The molecule has 0 saturated carbocycles. The maximum atomic E-state index is 15.0. The van der Waals surface area contributed by atoms with Gasteiger partial charge in [-0.05, 0) is 47.4 Å². The molecule has 214 valence electrons. The van der Waals surface area contributed by atoms with Crippen LogP contribution in [-0.2, 0) is 35.6 Å². The van der Waals surface area contributed by atoms with E-state index >= 15 is 0 Å². The zero-order valence-electron chi connectivity index (χ0n) is 23.2. The molecule has 0 fully saturated rings. The Morgan fingerprint density at radius 3 is 2.21 bits per heavy atom. The maximum absolute atomic E-state index is 15.0. The van der Waals surface area contributed by atoms with Crippen molar-refractivity contribution in [1.29, 1.82) is 0 Å². The number of halogens is 1. The monoisotopic (exact) mass is 566 g/mol. The number of hydrogen-bond acceptors (Lipinski definition) is 4. The van der Waals surface area contributed by atoms with Gasteiger partial charge in [-0.2, -0.15) is 0 Å². The lowest BCUT2D eigenvalue weighted by Crippen LogP contribution is -2.54. The number of fused-ring (bicyclic) bond motifs is 1. The lowest BCUT2D eigenvalue weighted by Gasteiger charge is -2.40. The number of carboxylic acid groups (broad SMARTS) is 1. The molecule has 4 aromatic carbocycles. The standard InChI is InChI=1S/C34H31FN2O5/c1-23(29-13-7-8-14-30(29)35)36(20-24-15-17-26(18-16-24)33(39)40)32(38)31-19-27-11-5-6-12-28(27)21-37(31)34(41)42-22-25-9-3-2-4-10-25/h2-18,23,31H,19-22H2,1H3,(H,39,40)/t23-,31+/m1/s1. The molecule has 0 aromatic heterocycles. The summed E-state index contributed by atoms with van der Waals surface area (Å²) < 4.78 is 20.6. The van der Waals surface area contributed by atoms with E-state index in [-0.39, 0.29) is 37.6 Å². The van der Waals surface area contributed by atoms with Gasteiger partial charge in [0.25, 0.3) is 0 Å². The summed E-state index contributed by atoms with van der Waals surface area (Å²) in [6.45, 7) is 2.08. The molecule has 7 nitrogen and oxygen atoms in total. The fourth-order valence-corrected chi connectivity index (χ4v) is 5.27. The van der Waals surface area contributed by atoms with Gasteiger partial charge in [0, 0.05) is 18.5 Å². The van der Waals surface area contributed by atoms with Crippen molar-refractivity contribution in [3.8, 4) is 0 Å². The molecule has 0 spiro atoms. The summed E-state index contributed by atoms with van der Waals surface area (Å²) >= 11 is 0. The smallest absolute Gasteiger partial charge is 0.411 e. The Hall–Kier alpha value is -4.98. The molecule has 5 rings (SSSR count). The summed E-state index contributed by atoms with van der Waals surface area (Å²) in [4.78, 5) is 42.3. The van der Waals surface area contributed by atoms with Crippen molar-refractivity contribution >= 4 is 18.0 Å². The third kappa shape index (κ3) is 6.33. The van der Waals surface area contributed by atoms with Crippen LogP contribution in [0.25, 0.3) is 0 Å². The van der Waals surface area contributed by atoms with Crippen LogP contribution in [-0.4, -0.2) is 38.9 Å². The average Bonchev–Trinajstić information content (AvgIpc) is 3.02. The van der Waals surface area contributed by atoms with Gasteiger partial charge < -0.3 is 14.7 Å². The summed E-state index contributed by atoms with van der Waals surface area (Å²) in [7, 11) is 0. The first kappa shape index (κ1) is 28.5. The number of nitrogens with zero attached hydrogens (tertiary/aromatic N) is 2. The number of ether oxygens (including phenoxy) is 1. The van der Waals surface area contributed by atoms with Crippen molar-refractivity contribution in [1.82, 2.24) is 9.80 Å². The largest absolute Gasteiger partial charge is 0.478 e. The molecule has 0 unspecified atom stereocenters. The van der Waals surface area contributed by atoms with Crippen molar-refractivity contribution < 1.29 is 28.6 Å². The number of carbonyl (C=O) groups is 3. The molecule has 1 aliphatic heterocycles. The van der Waals surface area contributed by atoms with E-state index in [0.717, 1.165) is 16.7 Å². The van der Waals surface area contributed by atoms with E-state index in [4.69, 9.17) is 4.74 Å². The molecule has 1 aliphatic rings. The predicted molar refractivity (Wildman–Crippen MR) is 155 cm³/mol. The Morgan fingerprint density at radius 2 is 1.52 bits per heavy atom. The van der Waals surface area contributed by atoms with E-state index in [2.05, 4.69) is 0 Å². The number of hydrogen-bond donors (Lipinski definition) is 1. The van der Waals surface area contributed by atoms with Crippen LogP contribution >= 0.6 is 0 Å². The van der Waals surface area contributed by atoms with E-state index in [0.29, 0.717) is 11.1 Å². The lowest BCUT2D eigenvalue weighted by molar-refractivity contribution is -0.140. The SMILES string of the molecule is C[C@H](c1ccccc1F)N(Cc1ccc(C(=O)O)cc1)C(=O)[C@@H]1Cc2ccccc2CN1C(=O)OCc1ccccc1. The molecule has 42 heavy (non-hydrogen) atoms. The van der Waals surface area contributed by atoms with E-state index in [1.807, 2.05) is 54.6 Å². The molecular weight excluding hydrogens is 535 g/mol. The second-order valence-corrected chi connectivity index (χ2v) is 10.3. The minimum atomic E-state index is -1.06. The van der Waals surface area contributed by atoms with Crippen molar-refractivity contribution in [2.24, 2.45) is 0 Å². The number of benzene rings is 4. The third-order valence-corrected chi connectivity index (χ3v) is 7.63. The molecule has 0 aliphatic carbocycles. The highest BCUT2D eigenvalue weighted by Crippen LogP contribution is 2.31. The van der Waals surface area contributed by atoms with Gasteiger partial charge in [-0.25, -0.2) is 14.0 Å². The van der Waals surface area contributed by atoms with E-state index in [1.54, 1.807) is 42.2 Å². The Kier molecular flexibility index (Phi) is 8.62. The lowest BCUT2D eigenvalue weighted by atomic mass is 9.92.